The fourth-order valence-corrected chi connectivity index (χ4v) is 6.08. The van der Waals surface area contributed by atoms with E-state index in [1.165, 1.54) is 22.8 Å². The van der Waals surface area contributed by atoms with Gasteiger partial charge in [-0.2, -0.15) is 4.31 Å². The van der Waals surface area contributed by atoms with Crippen molar-refractivity contribution in [3.8, 4) is 23.0 Å². The minimum absolute atomic E-state index is 0.0384. The van der Waals surface area contributed by atoms with Gasteiger partial charge >= 0.3 is 6.01 Å². The first kappa shape index (κ1) is 22.2. The predicted molar refractivity (Wildman–Crippen MR) is 117 cm³/mol. The number of methoxy groups -OCH3 is 2. The molecule has 1 aliphatic rings. The summed E-state index contributed by atoms with van der Waals surface area (Å²) in [7, 11) is -0.442. The normalized spacial score (nSPS) is 15.4. The van der Waals surface area contributed by atoms with Crippen molar-refractivity contribution < 1.29 is 27.1 Å². The molecule has 0 bridgehead atoms. The number of anilines is 1. The van der Waals surface area contributed by atoms with Crippen LogP contribution in [0.2, 0.25) is 0 Å². The third-order valence-electron chi connectivity index (χ3n) is 5.21. The zero-order chi connectivity index (χ0) is 22.7. The Morgan fingerprint density at radius 2 is 1.97 bits per heavy atom. The van der Waals surface area contributed by atoms with Crippen molar-refractivity contribution in [1.82, 2.24) is 14.5 Å². The molecule has 12 heteroatoms. The van der Waals surface area contributed by atoms with Gasteiger partial charge in [0.25, 0.3) is 15.9 Å². The fraction of sp³-hybridized carbons (Fsp3) is 0.350. The highest BCUT2D eigenvalue weighted by Gasteiger charge is 2.33. The fourth-order valence-electron chi connectivity index (χ4n) is 3.47. The van der Waals surface area contributed by atoms with Crippen LogP contribution in [0.15, 0.2) is 44.3 Å². The average molecular weight is 479 g/mol. The van der Waals surface area contributed by atoms with Crippen LogP contribution in [0, 0.1) is 5.92 Å². The quantitative estimate of drug-likeness (QED) is 0.550. The number of piperidine rings is 1. The number of hydrogen-bond acceptors (Lipinski definition) is 9. The summed E-state index contributed by atoms with van der Waals surface area (Å²) in [5.74, 6) is 0.644. The molecule has 1 N–H and O–H groups in total. The van der Waals surface area contributed by atoms with E-state index in [1.807, 2.05) is 0 Å². The number of aromatic nitrogens is 2. The molecule has 170 valence electrons. The van der Waals surface area contributed by atoms with Gasteiger partial charge in [0.15, 0.2) is 0 Å². The van der Waals surface area contributed by atoms with Gasteiger partial charge in [0.1, 0.15) is 15.7 Å². The summed E-state index contributed by atoms with van der Waals surface area (Å²) in [6.07, 6.45) is 0.808. The molecule has 0 saturated carbocycles. The van der Waals surface area contributed by atoms with Gasteiger partial charge in [0.05, 0.1) is 19.8 Å². The molecule has 1 fully saturated rings. The lowest BCUT2D eigenvalue weighted by molar-refractivity contribution is -0.121. The second-order valence-electron chi connectivity index (χ2n) is 7.08. The number of benzene rings is 1. The number of hydrogen-bond donors (Lipinski definition) is 1. The van der Waals surface area contributed by atoms with Crippen molar-refractivity contribution in [2.45, 2.75) is 17.1 Å². The van der Waals surface area contributed by atoms with E-state index < -0.39 is 10.0 Å². The Balaban J connectivity index is 1.39. The number of carbonyl (C=O) groups is 1. The van der Waals surface area contributed by atoms with Crippen LogP contribution >= 0.6 is 11.3 Å². The number of amides is 1. The topological polar surface area (TPSA) is 124 Å². The van der Waals surface area contributed by atoms with Crippen LogP contribution in [0.4, 0.5) is 6.01 Å². The first-order valence-corrected chi connectivity index (χ1v) is 12.1. The van der Waals surface area contributed by atoms with E-state index in [1.54, 1.807) is 42.8 Å². The highest BCUT2D eigenvalue weighted by molar-refractivity contribution is 7.91. The number of rotatable bonds is 7. The summed E-state index contributed by atoms with van der Waals surface area (Å²) in [6.45, 7) is 0.544. The highest BCUT2D eigenvalue weighted by atomic mass is 32.2. The summed E-state index contributed by atoms with van der Waals surface area (Å²) in [4.78, 5) is 12.7. The Morgan fingerprint density at radius 1 is 1.19 bits per heavy atom. The van der Waals surface area contributed by atoms with Crippen molar-refractivity contribution in [1.29, 1.82) is 0 Å². The largest absolute Gasteiger partial charge is 0.497 e. The molecule has 0 radical (unpaired) electrons. The van der Waals surface area contributed by atoms with Crippen LogP contribution in [0.3, 0.4) is 0 Å². The zero-order valence-corrected chi connectivity index (χ0v) is 19.1. The van der Waals surface area contributed by atoms with Gasteiger partial charge in [0, 0.05) is 19.0 Å². The van der Waals surface area contributed by atoms with Crippen LogP contribution in [0.5, 0.6) is 11.5 Å². The van der Waals surface area contributed by atoms with E-state index in [2.05, 4.69) is 15.5 Å². The lowest BCUT2D eigenvalue weighted by Gasteiger charge is -2.29. The van der Waals surface area contributed by atoms with E-state index in [4.69, 9.17) is 13.9 Å². The summed E-state index contributed by atoms with van der Waals surface area (Å²) in [5.41, 5.74) is 0.534. The summed E-state index contributed by atoms with van der Waals surface area (Å²) >= 11 is 1.18. The summed E-state index contributed by atoms with van der Waals surface area (Å²) < 4.78 is 43.1. The molecule has 1 amide bonds. The van der Waals surface area contributed by atoms with Crippen molar-refractivity contribution in [2.75, 3.05) is 32.6 Å². The van der Waals surface area contributed by atoms with Crippen LogP contribution in [0.25, 0.3) is 11.5 Å². The number of nitrogens with zero attached hydrogens (tertiary/aromatic N) is 3. The van der Waals surface area contributed by atoms with E-state index in [0.717, 1.165) is 0 Å². The molecule has 4 rings (SSSR count). The Bertz CT molecular complexity index is 1180. The maximum atomic E-state index is 12.7. The van der Waals surface area contributed by atoms with Gasteiger partial charge in [0.2, 0.25) is 5.91 Å². The van der Waals surface area contributed by atoms with Gasteiger partial charge in [-0.15, -0.1) is 16.4 Å². The molecule has 32 heavy (non-hydrogen) atoms. The van der Waals surface area contributed by atoms with Gasteiger partial charge in [-0.05, 0) is 42.5 Å². The third kappa shape index (κ3) is 4.47. The Labute approximate surface area is 189 Å². The van der Waals surface area contributed by atoms with Crippen LogP contribution in [-0.2, 0) is 14.8 Å². The van der Waals surface area contributed by atoms with Crippen molar-refractivity contribution in [3.63, 3.8) is 0 Å². The maximum absolute atomic E-state index is 12.7. The number of thiophene rings is 1. The minimum Gasteiger partial charge on any atom is -0.497 e. The smallest absolute Gasteiger partial charge is 0.322 e. The van der Waals surface area contributed by atoms with Crippen molar-refractivity contribution in [3.05, 3.63) is 35.7 Å². The van der Waals surface area contributed by atoms with Gasteiger partial charge in [-0.1, -0.05) is 11.2 Å². The Morgan fingerprint density at radius 3 is 2.62 bits per heavy atom. The van der Waals surface area contributed by atoms with Crippen LogP contribution in [0.1, 0.15) is 12.8 Å². The first-order valence-electron chi connectivity index (χ1n) is 9.83. The second kappa shape index (κ2) is 9.27. The first-order chi connectivity index (χ1) is 15.4. The molecule has 1 saturated heterocycles. The SMILES string of the molecule is COc1ccc(OC)c(-c2nnc(NC(=O)C3CCN(S(=O)(=O)c4cccs4)CC3)o2)c1. The maximum Gasteiger partial charge on any atom is 0.322 e. The molecule has 0 atom stereocenters. The standard InChI is InChI=1S/C20H22N4O6S2/c1-28-14-5-6-16(29-2)15(12-14)19-22-23-20(30-19)21-18(25)13-7-9-24(10-8-13)32(26,27)17-4-3-11-31-17/h3-6,11-13H,7-10H2,1-2H3,(H,21,23,25). The molecule has 1 aliphatic heterocycles. The van der Waals surface area contributed by atoms with E-state index in [0.29, 0.717) is 34.1 Å². The molecule has 1 aromatic carbocycles. The molecule has 0 aliphatic carbocycles. The average Bonchev–Trinajstić information content (AvgIpc) is 3.51. The third-order valence-corrected chi connectivity index (χ3v) is 8.48. The molecule has 2 aromatic heterocycles. The Kier molecular flexibility index (Phi) is 6.44. The lowest BCUT2D eigenvalue weighted by atomic mass is 9.97. The van der Waals surface area contributed by atoms with E-state index >= 15 is 0 Å². The second-order valence-corrected chi connectivity index (χ2v) is 10.2. The van der Waals surface area contributed by atoms with Crippen molar-refractivity contribution >= 4 is 33.3 Å². The van der Waals surface area contributed by atoms with Gasteiger partial charge < -0.3 is 13.9 Å². The summed E-state index contributed by atoms with van der Waals surface area (Å²) in [6, 6.07) is 8.41. The predicted octanol–water partition coefficient (Wildman–Crippen LogP) is 2.85. The lowest BCUT2D eigenvalue weighted by Crippen LogP contribution is -2.41. The highest BCUT2D eigenvalue weighted by Crippen LogP contribution is 2.33. The molecule has 10 nitrogen and oxygen atoms in total. The van der Waals surface area contributed by atoms with Crippen LogP contribution < -0.4 is 14.8 Å². The number of nitrogens with one attached hydrogen (secondary N) is 1. The molecule has 3 aromatic rings. The molecular formula is C20H22N4O6S2. The molecule has 3 heterocycles. The number of ether oxygens (including phenoxy) is 2. The zero-order valence-electron chi connectivity index (χ0n) is 17.5. The van der Waals surface area contributed by atoms with Gasteiger partial charge in [-0.3, -0.25) is 10.1 Å². The molecule has 0 spiro atoms. The van der Waals surface area contributed by atoms with Gasteiger partial charge in [-0.25, -0.2) is 8.42 Å². The Hall–Kier alpha value is -2.96. The summed E-state index contributed by atoms with van der Waals surface area (Å²) in [5, 5.41) is 12.2. The number of carbonyl (C=O) groups excluding carboxylic acids is 1. The number of sulfonamides is 1. The monoisotopic (exact) mass is 478 g/mol. The molecule has 0 unspecified atom stereocenters. The molecular weight excluding hydrogens is 456 g/mol. The van der Waals surface area contributed by atoms with Crippen molar-refractivity contribution in [2.24, 2.45) is 5.92 Å². The van der Waals surface area contributed by atoms with E-state index in [9.17, 15) is 13.2 Å². The minimum atomic E-state index is -3.51. The van der Waals surface area contributed by atoms with E-state index in [-0.39, 0.29) is 36.8 Å². The van der Waals surface area contributed by atoms with Crippen LogP contribution in [-0.4, -0.2) is 56.1 Å².